The van der Waals surface area contributed by atoms with Crippen LogP contribution in [0.5, 0.6) is 0 Å². The number of benzene rings is 1. The maximum Gasteiger partial charge on any atom is 0.141 e. The maximum atomic E-state index is 13.1. The first-order chi connectivity index (χ1) is 9.20. The van der Waals surface area contributed by atoms with Crippen LogP contribution in [0.15, 0.2) is 18.2 Å². The number of nitrogens with two attached hydrogens (primary N) is 1. The number of rotatable bonds is 6. The Morgan fingerprint density at radius 3 is 3.00 bits per heavy atom. The Bertz CT molecular complexity index is 410. The first-order valence-electron chi connectivity index (χ1n) is 6.73. The number of hydrogen-bond acceptors (Lipinski definition) is 3. The molecule has 5 heteroatoms. The number of ether oxygens (including phenoxy) is 1. The van der Waals surface area contributed by atoms with Crippen molar-refractivity contribution < 1.29 is 9.13 Å². The van der Waals surface area contributed by atoms with Crippen LogP contribution in [0.25, 0.3) is 0 Å². The Labute approximate surface area is 118 Å². The van der Waals surface area contributed by atoms with Gasteiger partial charge in [-0.05, 0) is 49.8 Å². The Balaban J connectivity index is 1.86. The Morgan fingerprint density at radius 1 is 1.53 bits per heavy atom. The Hall–Kier alpha value is -0.680. The van der Waals surface area contributed by atoms with Gasteiger partial charge in [0.25, 0.3) is 0 Å². The monoisotopic (exact) mass is 286 g/mol. The molecule has 0 spiro atoms. The van der Waals surface area contributed by atoms with Crippen molar-refractivity contribution in [1.82, 2.24) is 5.43 Å². The van der Waals surface area contributed by atoms with Crippen LogP contribution in [0.1, 0.15) is 43.7 Å². The molecule has 1 aliphatic heterocycles. The van der Waals surface area contributed by atoms with E-state index in [0.29, 0.717) is 6.10 Å². The molecular formula is C14H20ClFN2O. The lowest BCUT2D eigenvalue weighted by molar-refractivity contribution is 0.101. The SMILES string of the molecule is NNC(CCCC1CCCO1)c1ccc(F)c(Cl)c1. The fraction of sp³-hybridized carbons (Fsp3) is 0.571. The molecule has 1 aromatic rings. The number of hydrazine groups is 1. The highest BCUT2D eigenvalue weighted by molar-refractivity contribution is 6.30. The van der Waals surface area contributed by atoms with Crippen LogP contribution in [0, 0.1) is 5.82 Å². The third kappa shape index (κ3) is 4.14. The molecule has 0 bridgehead atoms. The van der Waals surface area contributed by atoms with Crippen molar-refractivity contribution in [2.45, 2.75) is 44.2 Å². The van der Waals surface area contributed by atoms with Gasteiger partial charge in [0.05, 0.1) is 11.1 Å². The summed E-state index contributed by atoms with van der Waals surface area (Å²) in [5.74, 6) is 5.17. The quantitative estimate of drug-likeness (QED) is 0.623. The van der Waals surface area contributed by atoms with E-state index in [9.17, 15) is 4.39 Å². The van der Waals surface area contributed by atoms with Gasteiger partial charge in [0.1, 0.15) is 5.82 Å². The molecule has 1 aliphatic rings. The van der Waals surface area contributed by atoms with Crippen molar-refractivity contribution in [3.8, 4) is 0 Å². The van der Waals surface area contributed by atoms with Crippen molar-refractivity contribution in [1.29, 1.82) is 0 Å². The van der Waals surface area contributed by atoms with Crippen molar-refractivity contribution in [3.63, 3.8) is 0 Å². The fourth-order valence-electron chi connectivity index (χ4n) is 2.50. The normalized spacial score (nSPS) is 20.7. The van der Waals surface area contributed by atoms with Gasteiger partial charge in [-0.25, -0.2) is 4.39 Å². The number of nitrogens with one attached hydrogen (secondary N) is 1. The predicted octanol–water partition coefficient (Wildman–Crippen LogP) is 3.33. The van der Waals surface area contributed by atoms with Gasteiger partial charge in [-0.1, -0.05) is 17.7 Å². The molecule has 0 saturated carbocycles. The van der Waals surface area contributed by atoms with Crippen LogP contribution in [-0.4, -0.2) is 12.7 Å². The predicted molar refractivity (Wildman–Crippen MR) is 74.3 cm³/mol. The minimum atomic E-state index is -0.402. The zero-order valence-corrected chi connectivity index (χ0v) is 11.6. The van der Waals surface area contributed by atoms with Crippen LogP contribution < -0.4 is 11.3 Å². The zero-order valence-electron chi connectivity index (χ0n) is 10.9. The largest absolute Gasteiger partial charge is 0.378 e. The zero-order chi connectivity index (χ0) is 13.7. The van der Waals surface area contributed by atoms with Crippen LogP contribution in [0.3, 0.4) is 0 Å². The molecule has 0 aliphatic carbocycles. The van der Waals surface area contributed by atoms with E-state index in [1.807, 2.05) is 0 Å². The van der Waals surface area contributed by atoms with E-state index in [-0.39, 0.29) is 11.1 Å². The van der Waals surface area contributed by atoms with E-state index in [4.69, 9.17) is 22.2 Å². The summed E-state index contributed by atoms with van der Waals surface area (Å²) in [5.41, 5.74) is 3.69. The lowest BCUT2D eigenvalue weighted by atomic mass is 9.99. The highest BCUT2D eigenvalue weighted by Gasteiger charge is 2.17. The van der Waals surface area contributed by atoms with Gasteiger partial charge in [-0.3, -0.25) is 11.3 Å². The molecule has 0 amide bonds. The molecule has 1 fully saturated rings. The summed E-state index contributed by atoms with van der Waals surface area (Å²) in [7, 11) is 0. The van der Waals surface area contributed by atoms with Crippen LogP contribution in [0.4, 0.5) is 4.39 Å². The maximum absolute atomic E-state index is 13.1. The second kappa shape index (κ2) is 7.20. The first kappa shape index (κ1) is 14.7. The number of halogens is 2. The summed E-state index contributed by atoms with van der Waals surface area (Å²) in [5, 5.41) is 0.136. The van der Waals surface area contributed by atoms with Crippen LogP contribution >= 0.6 is 11.6 Å². The topological polar surface area (TPSA) is 47.3 Å². The van der Waals surface area contributed by atoms with E-state index in [2.05, 4.69) is 5.43 Å². The lowest BCUT2D eigenvalue weighted by Gasteiger charge is -2.17. The molecule has 2 atom stereocenters. The van der Waals surface area contributed by atoms with Crippen molar-refractivity contribution in [2.24, 2.45) is 5.84 Å². The Kier molecular flexibility index (Phi) is 5.58. The van der Waals surface area contributed by atoms with Gasteiger partial charge in [0.2, 0.25) is 0 Å². The number of hydrogen-bond donors (Lipinski definition) is 2. The Morgan fingerprint density at radius 2 is 2.37 bits per heavy atom. The molecule has 3 nitrogen and oxygen atoms in total. The smallest absolute Gasteiger partial charge is 0.141 e. The molecule has 0 aromatic heterocycles. The van der Waals surface area contributed by atoms with Gasteiger partial charge >= 0.3 is 0 Å². The summed E-state index contributed by atoms with van der Waals surface area (Å²) in [6.07, 6.45) is 5.68. The van der Waals surface area contributed by atoms with Gasteiger partial charge in [0, 0.05) is 12.6 Å². The molecule has 1 aromatic carbocycles. The third-order valence-corrected chi connectivity index (χ3v) is 3.88. The van der Waals surface area contributed by atoms with Gasteiger partial charge in [-0.15, -0.1) is 0 Å². The van der Waals surface area contributed by atoms with Gasteiger partial charge < -0.3 is 4.74 Å². The van der Waals surface area contributed by atoms with E-state index < -0.39 is 5.82 Å². The van der Waals surface area contributed by atoms with E-state index in [1.165, 1.54) is 6.07 Å². The lowest BCUT2D eigenvalue weighted by Crippen LogP contribution is -2.28. The minimum Gasteiger partial charge on any atom is -0.378 e. The summed E-state index contributed by atoms with van der Waals surface area (Å²) in [6, 6.07) is 4.73. The molecule has 1 heterocycles. The van der Waals surface area contributed by atoms with Crippen LogP contribution in [0.2, 0.25) is 5.02 Å². The first-order valence-corrected chi connectivity index (χ1v) is 7.11. The fourth-order valence-corrected chi connectivity index (χ4v) is 2.69. The molecule has 0 radical (unpaired) electrons. The molecule has 3 N–H and O–H groups in total. The van der Waals surface area contributed by atoms with E-state index >= 15 is 0 Å². The van der Waals surface area contributed by atoms with Gasteiger partial charge in [0.15, 0.2) is 0 Å². The van der Waals surface area contributed by atoms with E-state index in [0.717, 1.165) is 44.3 Å². The molecular weight excluding hydrogens is 267 g/mol. The van der Waals surface area contributed by atoms with E-state index in [1.54, 1.807) is 12.1 Å². The third-order valence-electron chi connectivity index (χ3n) is 3.59. The summed E-state index contributed by atoms with van der Waals surface area (Å²) >= 11 is 5.79. The molecule has 1 saturated heterocycles. The van der Waals surface area contributed by atoms with Crippen molar-refractivity contribution in [3.05, 3.63) is 34.6 Å². The molecule has 2 unspecified atom stereocenters. The summed E-state index contributed by atoms with van der Waals surface area (Å²) in [4.78, 5) is 0. The van der Waals surface area contributed by atoms with Crippen molar-refractivity contribution >= 4 is 11.6 Å². The summed E-state index contributed by atoms with van der Waals surface area (Å²) < 4.78 is 18.7. The highest BCUT2D eigenvalue weighted by atomic mass is 35.5. The standard InChI is InChI=1S/C14H20ClFN2O/c15-12-9-10(6-7-13(12)16)14(18-17)5-1-3-11-4-2-8-19-11/h6-7,9,11,14,18H,1-5,8,17H2. The second-order valence-electron chi connectivity index (χ2n) is 4.96. The molecule has 2 rings (SSSR count). The minimum absolute atomic E-state index is 0.000460. The van der Waals surface area contributed by atoms with Crippen LogP contribution in [-0.2, 0) is 4.74 Å². The highest BCUT2D eigenvalue weighted by Crippen LogP contribution is 2.25. The second-order valence-corrected chi connectivity index (χ2v) is 5.37. The molecule has 106 valence electrons. The van der Waals surface area contributed by atoms with Gasteiger partial charge in [-0.2, -0.15) is 0 Å². The summed E-state index contributed by atoms with van der Waals surface area (Å²) in [6.45, 7) is 0.886. The van der Waals surface area contributed by atoms with Crippen molar-refractivity contribution in [2.75, 3.05) is 6.61 Å². The average Bonchev–Trinajstić information content (AvgIpc) is 2.91. The molecule has 19 heavy (non-hydrogen) atoms. The average molecular weight is 287 g/mol.